The van der Waals surface area contributed by atoms with Gasteiger partial charge in [-0.15, -0.1) is 0 Å². The van der Waals surface area contributed by atoms with E-state index in [0.717, 1.165) is 40.0 Å². The molecule has 10 atom stereocenters. The van der Waals surface area contributed by atoms with Crippen LogP contribution in [0.3, 0.4) is 0 Å². The number of carbonyl (C=O) groups is 3. The maximum Gasteiger partial charge on any atom is 0.344 e. The SMILES string of the molecule is CC[C@]1(O)C[C@@H]2CC[C@](C(=O)OC)(c3cc4c(cc3OC)N(C)[C@H]3[C@@](O)(C(=O)OC)[C@H](OC(C)=O)[C@]5(CC)C=CCN6CC[C@]43[C@@H]65)c3[nH]c4ccccc4c3CCN(C2)C1. The topological polar surface area (TPSA) is 154 Å². The van der Waals surface area contributed by atoms with Crippen molar-refractivity contribution < 1.29 is 43.5 Å². The van der Waals surface area contributed by atoms with Gasteiger partial charge in [-0.25, -0.2) is 4.79 Å². The van der Waals surface area contributed by atoms with Crippen LogP contribution in [0.1, 0.15) is 81.7 Å². The van der Waals surface area contributed by atoms with Crippen molar-refractivity contribution in [1.29, 1.82) is 0 Å². The lowest BCUT2D eigenvalue weighted by Crippen LogP contribution is -2.81. The zero-order valence-electron chi connectivity index (χ0n) is 36.0. The number of fused-ring (bicyclic) bond motifs is 6. The van der Waals surface area contributed by atoms with Gasteiger partial charge in [-0.1, -0.05) is 44.2 Å². The Balaban J connectivity index is 1.34. The number of hydrogen-bond donors (Lipinski definition) is 3. The summed E-state index contributed by atoms with van der Waals surface area (Å²) in [4.78, 5) is 53.2. The summed E-state index contributed by atoms with van der Waals surface area (Å²) in [6.07, 6.45) is 6.81. The summed E-state index contributed by atoms with van der Waals surface area (Å²) in [5.41, 5.74) is -1.42. The van der Waals surface area contributed by atoms with Crippen molar-refractivity contribution >= 4 is 34.5 Å². The molecule has 9 rings (SSSR count). The van der Waals surface area contributed by atoms with Gasteiger partial charge < -0.3 is 39.0 Å². The molecule has 2 bridgehead atoms. The van der Waals surface area contributed by atoms with Gasteiger partial charge in [-0.05, 0) is 80.7 Å². The Kier molecular flexibility index (Phi) is 9.77. The fourth-order valence-electron chi connectivity index (χ4n) is 13.6. The van der Waals surface area contributed by atoms with E-state index < -0.39 is 57.5 Å². The number of piperidine rings is 1. The fourth-order valence-corrected chi connectivity index (χ4v) is 13.6. The number of hydrogen-bond acceptors (Lipinski definition) is 12. The van der Waals surface area contributed by atoms with Crippen LogP contribution in [-0.4, -0.2) is 133 Å². The van der Waals surface area contributed by atoms with Crippen molar-refractivity contribution in [3.8, 4) is 5.75 Å². The third kappa shape index (κ3) is 5.34. The Labute approximate surface area is 352 Å². The van der Waals surface area contributed by atoms with Crippen LogP contribution in [0.25, 0.3) is 10.9 Å². The number of likely N-dealkylation sites (N-methyl/N-ethyl adjacent to an activating group) is 1. The average molecular weight is 825 g/mol. The second-order valence-electron chi connectivity index (χ2n) is 18.5. The molecular formula is C47H60N4O9. The molecule has 3 fully saturated rings. The van der Waals surface area contributed by atoms with Gasteiger partial charge in [0, 0.05) is 90.9 Å². The molecule has 322 valence electrons. The number of aliphatic hydroxyl groups is 2. The number of carbonyl (C=O) groups excluding carboxylic acids is 3. The van der Waals surface area contributed by atoms with Crippen LogP contribution in [0, 0.1) is 11.3 Å². The number of methoxy groups -OCH3 is 3. The number of nitrogens with one attached hydrogen (secondary N) is 1. The molecule has 1 aliphatic carbocycles. The van der Waals surface area contributed by atoms with E-state index in [1.165, 1.54) is 21.1 Å². The summed E-state index contributed by atoms with van der Waals surface area (Å²) in [6, 6.07) is 11.0. The van der Waals surface area contributed by atoms with Crippen molar-refractivity contribution in [2.75, 3.05) is 66.0 Å². The van der Waals surface area contributed by atoms with E-state index in [4.69, 9.17) is 18.9 Å². The van der Waals surface area contributed by atoms with Gasteiger partial charge in [-0.3, -0.25) is 19.4 Å². The fraction of sp³-hybridized carbons (Fsp3) is 0.596. The molecule has 0 radical (unpaired) electrons. The number of nitrogens with zero attached hydrogens (tertiary/aromatic N) is 3. The van der Waals surface area contributed by atoms with E-state index in [9.17, 15) is 19.8 Å². The van der Waals surface area contributed by atoms with E-state index in [-0.39, 0.29) is 12.0 Å². The molecular weight excluding hydrogens is 765 g/mol. The molecule has 5 aliphatic heterocycles. The van der Waals surface area contributed by atoms with Crippen LogP contribution < -0.4 is 9.64 Å². The highest BCUT2D eigenvalue weighted by Crippen LogP contribution is 2.68. The largest absolute Gasteiger partial charge is 0.496 e. The number of rotatable bonds is 7. The van der Waals surface area contributed by atoms with Crippen molar-refractivity contribution in [2.45, 2.75) is 106 Å². The molecule has 1 saturated carbocycles. The lowest BCUT2D eigenvalue weighted by Gasteiger charge is -2.63. The second kappa shape index (κ2) is 14.3. The molecule has 6 aliphatic rings. The van der Waals surface area contributed by atoms with Gasteiger partial charge in [0.25, 0.3) is 0 Å². The Bertz CT molecular complexity index is 2270. The van der Waals surface area contributed by atoms with E-state index in [0.29, 0.717) is 82.4 Å². The van der Waals surface area contributed by atoms with Crippen LogP contribution in [-0.2, 0) is 45.8 Å². The van der Waals surface area contributed by atoms with E-state index in [2.05, 4.69) is 39.1 Å². The summed E-state index contributed by atoms with van der Waals surface area (Å²) in [6.45, 7) is 8.82. The quantitative estimate of drug-likeness (QED) is 0.176. The normalized spacial score (nSPS) is 36.8. The Hall–Kier alpha value is -4.43. The summed E-state index contributed by atoms with van der Waals surface area (Å²) < 4.78 is 23.9. The molecule has 2 aromatic carbocycles. The highest BCUT2D eigenvalue weighted by Gasteiger charge is 2.80. The van der Waals surface area contributed by atoms with Crippen molar-refractivity contribution in [3.05, 3.63) is 70.9 Å². The number of aromatic amines is 1. The number of anilines is 1. The third-order valence-electron chi connectivity index (χ3n) is 15.9. The number of H-pyrrole nitrogens is 1. The molecule has 3 aromatic rings. The predicted octanol–water partition coefficient (Wildman–Crippen LogP) is 4.38. The summed E-state index contributed by atoms with van der Waals surface area (Å²) >= 11 is 0. The van der Waals surface area contributed by atoms with Crippen LogP contribution >= 0.6 is 0 Å². The van der Waals surface area contributed by atoms with E-state index >= 15 is 4.79 Å². The number of para-hydroxylation sites is 1. The van der Waals surface area contributed by atoms with Crippen molar-refractivity contribution in [2.24, 2.45) is 11.3 Å². The predicted molar refractivity (Wildman–Crippen MR) is 225 cm³/mol. The monoisotopic (exact) mass is 824 g/mol. The average Bonchev–Trinajstić information content (AvgIpc) is 3.90. The standard InChI is InChI=1S/C47H60N4O9/c1-8-43(55)25-29-15-18-45(41(53)58-6,37-31(16-21-50(26-29)27-43)30-13-10-11-14-34(30)48-37)33-23-32-35(24-36(33)57-5)49(4)39-46(32)19-22-51-20-12-17-44(9-2,38(46)51)40(60-28(3)52)47(39,56)42(54)59-7/h10-14,17,23-24,29,38-40,48,55-56H,8-9,15-16,18-22,25-27H2,1-7H3/t29-,38-,39+,40+,43-,44+,45-,46+,47-/m0/s1. The minimum atomic E-state index is -2.30. The summed E-state index contributed by atoms with van der Waals surface area (Å²) in [5.74, 6) is -1.31. The first-order valence-corrected chi connectivity index (χ1v) is 21.7. The number of benzene rings is 2. The Morgan fingerprint density at radius 3 is 2.42 bits per heavy atom. The zero-order valence-corrected chi connectivity index (χ0v) is 36.0. The van der Waals surface area contributed by atoms with Gasteiger partial charge in [0.05, 0.1) is 33.0 Å². The molecule has 13 nitrogen and oxygen atoms in total. The maximum atomic E-state index is 15.3. The number of ether oxygens (including phenoxy) is 4. The lowest BCUT2D eigenvalue weighted by atomic mass is 9.47. The van der Waals surface area contributed by atoms with E-state index in [1.54, 1.807) is 7.11 Å². The lowest BCUT2D eigenvalue weighted by molar-refractivity contribution is -0.228. The summed E-state index contributed by atoms with van der Waals surface area (Å²) in [7, 11) is 6.18. The molecule has 1 aromatic heterocycles. The first-order valence-electron chi connectivity index (χ1n) is 21.7. The van der Waals surface area contributed by atoms with Gasteiger partial charge in [0.15, 0.2) is 6.10 Å². The molecule has 2 saturated heterocycles. The van der Waals surface area contributed by atoms with E-state index in [1.807, 2.05) is 50.1 Å². The molecule has 0 amide bonds. The number of esters is 3. The molecule has 60 heavy (non-hydrogen) atoms. The van der Waals surface area contributed by atoms with Gasteiger partial charge in [0.1, 0.15) is 11.2 Å². The Morgan fingerprint density at radius 2 is 1.72 bits per heavy atom. The van der Waals surface area contributed by atoms with Crippen LogP contribution in [0.2, 0.25) is 0 Å². The van der Waals surface area contributed by atoms with Crippen LogP contribution in [0.5, 0.6) is 5.75 Å². The highest BCUT2D eigenvalue weighted by molar-refractivity contribution is 5.95. The molecule has 13 heteroatoms. The first kappa shape index (κ1) is 40.9. The van der Waals surface area contributed by atoms with Crippen LogP contribution in [0.15, 0.2) is 48.6 Å². The minimum Gasteiger partial charge on any atom is -0.496 e. The molecule has 6 heterocycles. The second-order valence-corrected chi connectivity index (χ2v) is 18.5. The summed E-state index contributed by atoms with van der Waals surface area (Å²) in [5, 5.41) is 26.2. The van der Waals surface area contributed by atoms with Gasteiger partial charge in [0.2, 0.25) is 5.60 Å². The first-order chi connectivity index (χ1) is 28.7. The van der Waals surface area contributed by atoms with Crippen molar-refractivity contribution in [3.63, 3.8) is 0 Å². The molecule has 1 spiro atoms. The number of aromatic nitrogens is 1. The molecule has 1 unspecified atom stereocenters. The zero-order chi connectivity index (χ0) is 42.6. The van der Waals surface area contributed by atoms with Crippen molar-refractivity contribution in [1.82, 2.24) is 14.8 Å². The Morgan fingerprint density at radius 1 is 0.950 bits per heavy atom. The van der Waals surface area contributed by atoms with Crippen LogP contribution in [0.4, 0.5) is 5.69 Å². The van der Waals surface area contributed by atoms with Gasteiger partial charge >= 0.3 is 17.9 Å². The van der Waals surface area contributed by atoms with Gasteiger partial charge in [-0.2, -0.15) is 0 Å². The third-order valence-corrected chi connectivity index (χ3v) is 15.9. The molecule has 3 N–H and O–H groups in total. The maximum absolute atomic E-state index is 15.3. The minimum absolute atomic E-state index is 0.113. The smallest absolute Gasteiger partial charge is 0.344 e. The highest BCUT2D eigenvalue weighted by atomic mass is 16.6.